The number of anilines is 4. The largest absolute Gasteiger partial charge is 0.380 e. The second-order valence-corrected chi connectivity index (χ2v) is 8.30. The third-order valence-electron chi connectivity index (χ3n) is 5.61. The molecule has 1 saturated heterocycles. The number of hydrogen-bond donors (Lipinski definition) is 3. The van der Waals surface area contributed by atoms with Gasteiger partial charge in [-0.15, -0.1) is 0 Å². The molecule has 1 aromatic heterocycles. The molecule has 34 heavy (non-hydrogen) atoms. The molecule has 0 radical (unpaired) electrons. The minimum absolute atomic E-state index is 0.115. The number of benzene rings is 2. The molecule has 2 aromatic carbocycles. The van der Waals surface area contributed by atoms with E-state index in [0.29, 0.717) is 30.0 Å². The van der Waals surface area contributed by atoms with E-state index in [4.69, 9.17) is 10.5 Å². The quantitative estimate of drug-likeness (QED) is 0.449. The molecule has 8 heteroatoms. The number of amides is 1. The molecule has 0 saturated carbocycles. The summed E-state index contributed by atoms with van der Waals surface area (Å²) < 4.78 is 5.42. The smallest absolute Gasteiger partial charge is 0.252 e. The number of Topliss-reactive ketones (excluding diaryl/α,β-unsaturated/α-hetero) is 1. The van der Waals surface area contributed by atoms with Crippen molar-refractivity contribution in [2.75, 3.05) is 41.8 Å². The van der Waals surface area contributed by atoms with Gasteiger partial charge in [0.25, 0.3) is 5.91 Å². The van der Waals surface area contributed by atoms with Crippen LogP contribution < -0.4 is 21.3 Å². The van der Waals surface area contributed by atoms with Gasteiger partial charge >= 0.3 is 0 Å². The highest BCUT2D eigenvalue weighted by molar-refractivity contribution is 5.98. The van der Waals surface area contributed by atoms with Crippen molar-refractivity contribution in [3.05, 3.63) is 77.5 Å². The lowest BCUT2D eigenvalue weighted by Crippen LogP contribution is -2.36. The highest BCUT2D eigenvalue weighted by Crippen LogP contribution is 2.24. The summed E-state index contributed by atoms with van der Waals surface area (Å²) in [6.07, 6.45) is 1.87. The minimum Gasteiger partial charge on any atom is -0.380 e. The van der Waals surface area contributed by atoms with E-state index in [-0.39, 0.29) is 5.78 Å². The lowest BCUT2D eigenvalue weighted by molar-refractivity contribution is -0.116. The van der Waals surface area contributed by atoms with Gasteiger partial charge in [-0.3, -0.25) is 9.59 Å². The molecule has 1 fully saturated rings. The van der Waals surface area contributed by atoms with Crippen molar-refractivity contribution < 1.29 is 14.3 Å². The van der Waals surface area contributed by atoms with Gasteiger partial charge < -0.3 is 26.0 Å². The van der Waals surface area contributed by atoms with Gasteiger partial charge in [0, 0.05) is 49.7 Å². The van der Waals surface area contributed by atoms with Gasteiger partial charge in [-0.2, -0.15) is 0 Å². The zero-order valence-corrected chi connectivity index (χ0v) is 19.2. The highest BCUT2D eigenvalue weighted by Gasteiger charge is 2.13. The van der Waals surface area contributed by atoms with Crippen LogP contribution in [0.2, 0.25) is 0 Å². The maximum atomic E-state index is 11.9. The Morgan fingerprint density at radius 2 is 1.79 bits per heavy atom. The zero-order chi connectivity index (χ0) is 23.9. The zero-order valence-electron chi connectivity index (χ0n) is 19.2. The number of ketones is 1. The number of nitrogens with two attached hydrogens (primary N) is 1. The van der Waals surface area contributed by atoms with E-state index in [9.17, 15) is 9.59 Å². The van der Waals surface area contributed by atoms with Crippen molar-refractivity contribution in [1.29, 1.82) is 0 Å². The monoisotopic (exact) mass is 459 g/mol. The van der Waals surface area contributed by atoms with Crippen molar-refractivity contribution in [2.45, 2.75) is 19.9 Å². The molecule has 8 nitrogen and oxygen atoms in total. The maximum Gasteiger partial charge on any atom is 0.252 e. The van der Waals surface area contributed by atoms with Crippen molar-refractivity contribution in [1.82, 2.24) is 4.98 Å². The first-order valence-corrected chi connectivity index (χ1v) is 11.3. The van der Waals surface area contributed by atoms with Crippen molar-refractivity contribution >= 4 is 34.6 Å². The first kappa shape index (κ1) is 23.3. The van der Waals surface area contributed by atoms with E-state index in [2.05, 4.69) is 32.7 Å². The summed E-state index contributed by atoms with van der Waals surface area (Å²) in [5.74, 6) is 0.155. The number of nitrogens with one attached hydrogen (secondary N) is 2. The van der Waals surface area contributed by atoms with Gasteiger partial charge in [-0.05, 0) is 42.3 Å². The van der Waals surface area contributed by atoms with Gasteiger partial charge in [-0.25, -0.2) is 4.98 Å². The normalized spacial score (nSPS) is 13.4. The second kappa shape index (κ2) is 10.8. The number of pyridine rings is 1. The third-order valence-corrected chi connectivity index (χ3v) is 5.61. The number of nitrogens with zero attached hydrogens (tertiary/aromatic N) is 2. The van der Waals surface area contributed by atoms with Crippen LogP contribution in [0, 0.1) is 0 Å². The van der Waals surface area contributed by atoms with E-state index in [0.717, 1.165) is 48.8 Å². The van der Waals surface area contributed by atoms with Gasteiger partial charge in [-0.1, -0.05) is 24.3 Å². The average molecular weight is 460 g/mol. The lowest BCUT2D eigenvalue weighted by atomic mass is 10.1. The summed E-state index contributed by atoms with van der Waals surface area (Å²) in [6.45, 7) is 5.31. The lowest BCUT2D eigenvalue weighted by Gasteiger charge is -2.28. The number of carbonyl (C=O) groups excluding carboxylic acids is 2. The summed E-state index contributed by atoms with van der Waals surface area (Å²) in [5, 5.41) is 6.57. The Balaban J connectivity index is 1.46. The predicted molar refractivity (Wildman–Crippen MR) is 134 cm³/mol. The molecule has 176 valence electrons. The van der Waals surface area contributed by atoms with Crippen LogP contribution in [0.15, 0.2) is 60.8 Å². The van der Waals surface area contributed by atoms with Crippen LogP contribution in [-0.2, 0) is 22.5 Å². The van der Waals surface area contributed by atoms with Crippen LogP contribution in [-0.4, -0.2) is 43.0 Å². The molecule has 0 spiro atoms. The van der Waals surface area contributed by atoms with Crippen LogP contribution in [0.1, 0.15) is 28.4 Å². The molecule has 0 unspecified atom stereocenters. The Hall–Kier alpha value is -3.91. The fourth-order valence-electron chi connectivity index (χ4n) is 3.93. The first-order chi connectivity index (χ1) is 16.5. The van der Waals surface area contributed by atoms with E-state index in [1.54, 1.807) is 13.0 Å². The van der Waals surface area contributed by atoms with Crippen LogP contribution in [0.5, 0.6) is 0 Å². The van der Waals surface area contributed by atoms with Gasteiger partial charge in [0.1, 0.15) is 11.6 Å². The standard InChI is InChI=1S/C26H29N5O3/c1-18(32)13-19-3-2-4-20(14-19)16-28-24-15-25(29-17-23(24)26(27)33)30-21-5-7-22(8-6-21)31-9-11-34-12-10-31/h2-8,14-15,17H,9-13,16H2,1H3,(H2,27,33)(H2,28,29,30). The van der Waals surface area contributed by atoms with Crippen LogP contribution in [0.4, 0.5) is 22.9 Å². The predicted octanol–water partition coefficient (Wildman–Crippen LogP) is 3.50. The average Bonchev–Trinajstić information content (AvgIpc) is 2.83. The summed E-state index contributed by atoms with van der Waals surface area (Å²) in [6, 6.07) is 17.7. The summed E-state index contributed by atoms with van der Waals surface area (Å²) in [5.41, 5.74) is 10.5. The minimum atomic E-state index is -0.554. The van der Waals surface area contributed by atoms with Crippen molar-refractivity contribution in [3.63, 3.8) is 0 Å². The summed E-state index contributed by atoms with van der Waals surface area (Å²) >= 11 is 0. The van der Waals surface area contributed by atoms with Crippen LogP contribution >= 0.6 is 0 Å². The molecular formula is C26H29N5O3. The number of morpholine rings is 1. The van der Waals surface area contributed by atoms with Crippen LogP contribution in [0.3, 0.4) is 0 Å². The SMILES string of the molecule is CC(=O)Cc1cccc(CNc2cc(Nc3ccc(N4CCOCC4)cc3)ncc2C(N)=O)c1. The topological polar surface area (TPSA) is 110 Å². The third kappa shape index (κ3) is 6.11. The summed E-state index contributed by atoms with van der Waals surface area (Å²) in [7, 11) is 0. The Morgan fingerprint density at radius 1 is 1.06 bits per heavy atom. The molecule has 3 aromatic rings. The first-order valence-electron chi connectivity index (χ1n) is 11.3. The summed E-state index contributed by atoms with van der Waals surface area (Å²) in [4.78, 5) is 30.0. The van der Waals surface area contributed by atoms with Crippen molar-refractivity contribution in [2.24, 2.45) is 5.73 Å². The Labute approximate surface area is 199 Å². The highest BCUT2D eigenvalue weighted by atomic mass is 16.5. The van der Waals surface area contributed by atoms with E-state index in [1.807, 2.05) is 36.4 Å². The van der Waals surface area contributed by atoms with Crippen molar-refractivity contribution in [3.8, 4) is 0 Å². The molecular weight excluding hydrogens is 430 g/mol. The maximum absolute atomic E-state index is 11.9. The molecule has 4 rings (SSSR count). The second-order valence-electron chi connectivity index (χ2n) is 8.30. The Bertz CT molecular complexity index is 1160. The van der Waals surface area contributed by atoms with Crippen LogP contribution in [0.25, 0.3) is 0 Å². The number of hydrogen-bond acceptors (Lipinski definition) is 7. The molecule has 0 atom stereocenters. The molecule has 1 amide bonds. The fraction of sp³-hybridized carbons (Fsp3) is 0.269. The number of primary amides is 1. The number of rotatable bonds is 9. The Kier molecular flexibility index (Phi) is 7.39. The van der Waals surface area contributed by atoms with E-state index < -0.39 is 5.91 Å². The Morgan fingerprint density at radius 3 is 2.50 bits per heavy atom. The van der Waals surface area contributed by atoms with Gasteiger partial charge in [0.2, 0.25) is 0 Å². The fourth-order valence-corrected chi connectivity index (χ4v) is 3.93. The van der Waals surface area contributed by atoms with Gasteiger partial charge in [0.15, 0.2) is 0 Å². The van der Waals surface area contributed by atoms with E-state index in [1.165, 1.54) is 6.20 Å². The number of ether oxygens (including phenoxy) is 1. The molecule has 0 bridgehead atoms. The van der Waals surface area contributed by atoms with Gasteiger partial charge in [0.05, 0.1) is 24.5 Å². The number of carbonyl (C=O) groups is 2. The number of aromatic nitrogens is 1. The molecule has 4 N–H and O–H groups in total. The molecule has 1 aliphatic heterocycles. The molecule has 1 aliphatic rings. The van der Waals surface area contributed by atoms with E-state index >= 15 is 0 Å². The molecule has 2 heterocycles. The molecule has 0 aliphatic carbocycles.